The van der Waals surface area contributed by atoms with E-state index in [-0.39, 0.29) is 0 Å². The summed E-state index contributed by atoms with van der Waals surface area (Å²) >= 11 is 0. The summed E-state index contributed by atoms with van der Waals surface area (Å²) in [5.74, 6) is 0.737. The van der Waals surface area contributed by atoms with E-state index in [0.29, 0.717) is 0 Å². The third-order valence-corrected chi connectivity index (χ3v) is 2.48. The van der Waals surface area contributed by atoms with Crippen molar-refractivity contribution in [3.63, 3.8) is 0 Å². The first-order valence-electron chi connectivity index (χ1n) is 5.09. The summed E-state index contributed by atoms with van der Waals surface area (Å²) in [6.45, 7) is 2.74. The molecule has 0 saturated carbocycles. The zero-order valence-electron chi connectivity index (χ0n) is 8.78. The summed E-state index contributed by atoms with van der Waals surface area (Å²) in [6, 6.07) is 5.86. The predicted molar refractivity (Wildman–Crippen MR) is 57.7 cm³/mol. The minimum Gasteiger partial charge on any atom is -0.297 e. The quantitative estimate of drug-likeness (QED) is 0.638. The minimum absolute atomic E-state index is 0.737. The summed E-state index contributed by atoms with van der Waals surface area (Å²) in [6.07, 6.45) is 3.74. The van der Waals surface area contributed by atoms with Crippen molar-refractivity contribution in [1.29, 1.82) is 0 Å². The van der Waals surface area contributed by atoms with E-state index in [9.17, 15) is 0 Å². The fraction of sp³-hybridized carbons (Fsp3) is 0.200. The topological polar surface area (TPSA) is 60.9 Å². The van der Waals surface area contributed by atoms with E-state index in [1.54, 1.807) is 10.9 Å². The lowest BCUT2D eigenvalue weighted by molar-refractivity contribution is 0.630. The van der Waals surface area contributed by atoms with Gasteiger partial charge in [-0.15, -0.1) is 5.10 Å². The van der Waals surface area contributed by atoms with Gasteiger partial charge in [0.15, 0.2) is 0 Å². The minimum atomic E-state index is 0.737. The average molecular weight is 214 g/mol. The molecule has 0 aliphatic carbocycles. The number of hydrogen-bond acceptors (Lipinski definition) is 4. The van der Waals surface area contributed by atoms with E-state index in [4.69, 9.17) is 0 Å². The molecule has 0 saturated heterocycles. The van der Waals surface area contributed by atoms with E-state index < -0.39 is 0 Å². The number of tetrazole rings is 1. The van der Waals surface area contributed by atoms with Gasteiger partial charge in [0.25, 0.3) is 0 Å². The maximum absolute atomic E-state index is 4.30. The molecule has 0 spiro atoms. The van der Waals surface area contributed by atoms with Crippen LogP contribution in [0.4, 0.5) is 0 Å². The fourth-order valence-electron chi connectivity index (χ4n) is 1.70. The zero-order chi connectivity index (χ0) is 11.0. The summed E-state index contributed by atoms with van der Waals surface area (Å²) in [4.78, 5) is 4.30. The van der Waals surface area contributed by atoms with Crippen LogP contribution in [0.3, 0.4) is 0 Å². The lowest BCUT2D eigenvalue weighted by Crippen LogP contribution is -2.01. The molecule has 0 aromatic carbocycles. The van der Waals surface area contributed by atoms with Gasteiger partial charge in [0.05, 0.1) is 6.20 Å². The van der Waals surface area contributed by atoms with Gasteiger partial charge < -0.3 is 0 Å². The van der Waals surface area contributed by atoms with Crippen molar-refractivity contribution in [2.75, 3.05) is 0 Å². The molecule has 0 aliphatic rings. The SMILES string of the molecule is CCn1nnnc1-c1cnc2ccccn12. The van der Waals surface area contributed by atoms with Crippen molar-refractivity contribution >= 4 is 5.65 Å². The first-order valence-corrected chi connectivity index (χ1v) is 5.09. The molecule has 0 unspecified atom stereocenters. The van der Waals surface area contributed by atoms with Crippen LogP contribution < -0.4 is 0 Å². The molecule has 0 bridgehead atoms. The van der Waals surface area contributed by atoms with Gasteiger partial charge in [-0.1, -0.05) is 6.07 Å². The summed E-state index contributed by atoms with van der Waals surface area (Å²) < 4.78 is 3.72. The number of aryl methyl sites for hydroxylation is 1. The highest BCUT2D eigenvalue weighted by molar-refractivity contribution is 5.56. The predicted octanol–water partition coefficient (Wildman–Crippen LogP) is 1.01. The number of pyridine rings is 1. The second-order valence-electron chi connectivity index (χ2n) is 3.39. The Morgan fingerprint density at radius 2 is 2.25 bits per heavy atom. The van der Waals surface area contributed by atoms with Crippen molar-refractivity contribution in [3.05, 3.63) is 30.6 Å². The van der Waals surface area contributed by atoms with Gasteiger partial charge in [-0.25, -0.2) is 9.67 Å². The maximum atomic E-state index is 4.30. The fourth-order valence-corrected chi connectivity index (χ4v) is 1.70. The highest BCUT2D eigenvalue weighted by atomic mass is 15.5. The third kappa shape index (κ3) is 1.19. The first-order chi connectivity index (χ1) is 7.90. The average Bonchev–Trinajstić information content (AvgIpc) is 2.94. The maximum Gasteiger partial charge on any atom is 0.200 e. The molecule has 0 amide bonds. The molecule has 6 nitrogen and oxygen atoms in total. The van der Waals surface area contributed by atoms with E-state index in [0.717, 1.165) is 23.7 Å². The Bertz CT molecular complexity index is 623. The Morgan fingerprint density at radius 1 is 1.31 bits per heavy atom. The van der Waals surface area contributed by atoms with Crippen LogP contribution in [0, 0.1) is 0 Å². The normalized spacial score (nSPS) is 11.1. The second kappa shape index (κ2) is 3.41. The van der Waals surface area contributed by atoms with Gasteiger partial charge in [0.1, 0.15) is 11.3 Å². The molecular formula is C10H10N6. The first kappa shape index (κ1) is 9.02. The van der Waals surface area contributed by atoms with Gasteiger partial charge >= 0.3 is 0 Å². The number of fused-ring (bicyclic) bond motifs is 1. The molecule has 80 valence electrons. The Hall–Kier alpha value is -2.24. The molecule has 16 heavy (non-hydrogen) atoms. The zero-order valence-corrected chi connectivity index (χ0v) is 8.78. The molecule has 6 heteroatoms. The van der Waals surface area contributed by atoms with Crippen molar-refractivity contribution in [3.8, 4) is 11.5 Å². The molecule has 3 heterocycles. The van der Waals surface area contributed by atoms with Crippen LogP contribution in [0.1, 0.15) is 6.92 Å². The monoisotopic (exact) mass is 214 g/mol. The molecule has 0 radical (unpaired) electrons. The highest BCUT2D eigenvalue weighted by Gasteiger charge is 2.11. The van der Waals surface area contributed by atoms with Crippen molar-refractivity contribution in [2.24, 2.45) is 0 Å². The Kier molecular flexibility index (Phi) is 1.92. The van der Waals surface area contributed by atoms with E-state index >= 15 is 0 Å². The third-order valence-electron chi connectivity index (χ3n) is 2.48. The summed E-state index contributed by atoms with van der Waals surface area (Å²) in [5.41, 5.74) is 1.80. The number of imidazole rings is 1. The number of rotatable bonds is 2. The van der Waals surface area contributed by atoms with E-state index in [2.05, 4.69) is 20.5 Å². The summed E-state index contributed by atoms with van der Waals surface area (Å²) in [5, 5.41) is 11.6. The van der Waals surface area contributed by atoms with Crippen LogP contribution in [0.25, 0.3) is 17.2 Å². The lowest BCUT2D eigenvalue weighted by atomic mass is 10.4. The molecular weight excluding hydrogens is 204 g/mol. The highest BCUT2D eigenvalue weighted by Crippen LogP contribution is 2.17. The second-order valence-corrected chi connectivity index (χ2v) is 3.39. The van der Waals surface area contributed by atoms with E-state index in [1.165, 1.54) is 0 Å². The van der Waals surface area contributed by atoms with Gasteiger partial charge in [-0.3, -0.25) is 4.40 Å². The number of hydrogen-bond donors (Lipinski definition) is 0. The molecule has 0 aliphatic heterocycles. The summed E-state index contributed by atoms with van der Waals surface area (Å²) in [7, 11) is 0. The Balaban J connectivity index is 2.26. The van der Waals surface area contributed by atoms with Crippen LogP contribution in [0.2, 0.25) is 0 Å². The van der Waals surface area contributed by atoms with E-state index in [1.807, 2.05) is 35.7 Å². The van der Waals surface area contributed by atoms with Crippen molar-refractivity contribution in [1.82, 2.24) is 29.6 Å². The van der Waals surface area contributed by atoms with Crippen molar-refractivity contribution < 1.29 is 0 Å². The van der Waals surface area contributed by atoms with Crippen molar-refractivity contribution in [2.45, 2.75) is 13.5 Å². The van der Waals surface area contributed by atoms with Crippen LogP contribution >= 0.6 is 0 Å². The molecule has 3 rings (SSSR count). The molecule has 3 aromatic heterocycles. The van der Waals surface area contributed by atoms with Gasteiger partial charge in [-0.05, 0) is 29.5 Å². The number of aromatic nitrogens is 6. The van der Waals surface area contributed by atoms with Gasteiger partial charge in [0, 0.05) is 12.7 Å². The number of nitrogens with zero attached hydrogens (tertiary/aromatic N) is 6. The van der Waals surface area contributed by atoms with Crippen LogP contribution in [-0.4, -0.2) is 29.6 Å². The van der Waals surface area contributed by atoms with Crippen LogP contribution in [0.5, 0.6) is 0 Å². The Morgan fingerprint density at radius 3 is 3.12 bits per heavy atom. The molecule has 0 fully saturated rings. The van der Waals surface area contributed by atoms with Crippen LogP contribution in [-0.2, 0) is 6.54 Å². The van der Waals surface area contributed by atoms with Gasteiger partial charge in [-0.2, -0.15) is 0 Å². The largest absolute Gasteiger partial charge is 0.297 e. The smallest absolute Gasteiger partial charge is 0.200 e. The Labute approximate surface area is 91.5 Å². The van der Waals surface area contributed by atoms with Crippen LogP contribution in [0.15, 0.2) is 30.6 Å². The molecule has 0 atom stereocenters. The standard InChI is InChI=1S/C10H10N6/c1-2-16-10(12-13-14-16)8-7-11-9-5-3-4-6-15(8)9/h3-7H,2H2,1H3. The molecule has 3 aromatic rings. The molecule has 0 N–H and O–H groups in total. The lowest BCUT2D eigenvalue weighted by Gasteiger charge is -2.00. The van der Waals surface area contributed by atoms with Gasteiger partial charge in [0.2, 0.25) is 5.82 Å².